The number of nitrogens with zero attached hydrogens (tertiary/aromatic N) is 1. The van der Waals surface area contributed by atoms with Crippen molar-refractivity contribution >= 4 is 5.69 Å². The van der Waals surface area contributed by atoms with Crippen molar-refractivity contribution in [1.82, 2.24) is 4.90 Å². The zero-order chi connectivity index (χ0) is 14.7. The molecule has 0 radical (unpaired) electrons. The average Bonchev–Trinajstić information content (AvgIpc) is 2.53. The van der Waals surface area contributed by atoms with Gasteiger partial charge in [-0.05, 0) is 29.2 Å². The maximum Gasteiger partial charge on any atom is 0.0659 e. The standard InChI is InChI=1S/C18H22N2O/c1-21-13-18(14-6-3-2-4-7-14)20-11-10-16-15(12-20)8-5-9-17(16)19/h2-9,18H,10-13,19H2,1H3. The topological polar surface area (TPSA) is 38.5 Å². The van der Waals surface area contributed by atoms with Crippen LogP contribution in [0.3, 0.4) is 0 Å². The van der Waals surface area contributed by atoms with Crippen LogP contribution < -0.4 is 5.73 Å². The van der Waals surface area contributed by atoms with Crippen LogP contribution in [-0.4, -0.2) is 25.2 Å². The van der Waals surface area contributed by atoms with Crippen LogP contribution in [0.2, 0.25) is 0 Å². The van der Waals surface area contributed by atoms with Crippen molar-refractivity contribution in [2.24, 2.45) is 0 Å². The van der Waals surface area contributed by atoms with Gasteiger partial charge in [-0.15, -0.1) is 0 Å². The average molecular weight is 282 g/mol. The summed E-state index contributed by atoms with van der Waals surface area (Å²) in [5.41, 5.74) is 11.0. The Morgan fingerprint density at radius 3 is 2.71 bits per heavy atom. The summed E-state index contributed by atoms with van der Waals surface area (Å²) in [6, 6.07) is 17.1. The van der Waals surface area contributed by atoms with Crippen LogP contribution in [0.5, 0.6) is 0 Å². The van der Waals surface area contributed by atoms with E-state index in [1.807, 2.05) is 12.1 Å². The van der Waals surface area contributed by atoms with E-state index in [0.29, 0.717) is 12.6 Å². The summed E-state index contributed by atoms with van der Waals surface area (Å²) >= 11 is 0. The third-order valence-electron chi connectivity index (χ3n) is 4.28. The number of nitrogen functional groups attached to an aromatic ring is 1. The number of ether oxygens (including phenoxy) is 1. The van der Waals surface area contributed by atoms with Gasteiger partial charge in [0.2, 0.25) is 0 Å². The molecule has 0 saturated carbocycles. The number of methoxy groups -OCH3 is 1. The van der Waals surface area contributed by atoms with Crippen LogP contribution in [0.1, 0.15) is 22.7 Å². The van der Waals surface area contributed by atoms with Crippen molar-refractivity contribution in [3.05, 3.63) is 65.2 Å². The first kappa shape index (κ1) is 14.1. The molecule has 3 nitrogen and oxygen atoms in total. The van der Waals surface area contributed by atoms with Gasteiger partial charge in [0.05, 0.1) is 12.6 Å². The molecule has 110 valence electrons. The Bertz CT molecular complexity index is 597. The molecule has 1 unspecified atom stereocenters. The maximum absolute atomic E-state index is 6.09. The Hall–Kier alpha value is -1.84. The first-order chi connectivity index (χ1) is 10.3. The fourth-order valence-corrected chi connectivity index (χ4v) is 3.17. The Morgan fingerprint density at radius 2 is 1.95 bits per heavy atom. The van der Waals surface area contributed by atoms with E-state index in [0.717, 1.165) is 25.2 Å². The predicted molar refractivity (Wildman–Crippen MR) is 86.0 cm³/mol. The van der Waals surface area contributed by atoms with Crippen LogP contribution in [0.25, 0.3) is 0 Å². The molecule has 1 aliphatic heterocycles. The number of hydrogen-bond acceptors (Lipinski definition) is 3. The molecule has 0 fully saturated rings. The van der Waals surface area contributed by atoms with Gasteiger partial charge < -0.3 is 10.5 Å². The lowest BCUT2D eigenvalue weighted by atomic mass is 9.95. The van der Waals surface area contributed by atoms with Crippen LogP contribution in [-0.2, 0) is 17.7 Å². The van der Waals surface area contributed by atoms with Crippen LogP contribution in [0.4, 0.5) is 5.69 Å². The summed E-state index contributed by atoms with van der Waals surface area (Å²) < 4.78 is 5.46. The van der Waals surface area contributed by atoms with E-state index in [1.54, 1.807) is 7.11 Å². The molecule has 0 saturated heterocycles. The van der Waals surface area contributed by atoms with E-state index in [2.05, 4.69) is 41.3 Å². The quantitative estimate of drug-likeness (QED) is 0.876. The molecule has 2 aromatic carbocycles. The Labute approximate surface area is 126 Å². The molecule has 0 aromatic heterocycles. The van der Waals surface area contributed by atoms with Gasteiger partial charge >= 0.3 is 0 Å². The third-order valence-corrected chi connectivity index (χ3v) is 4.28. The smallest absolute Gasteiger partial charge is 0.0659 e. The minimum atomic E-state index is 0.297. The van der Waals surface area contributed by atoms with Crippen molar-refractivity contribution in [3.63, 3.8) is 0 Å². The van der Waals surface area contributed by atoms with Gasteiger partial charge in [0.1, 0.15) is 0 Å². The molecule has 3 rings (SSSR count). The lowest BCUT2D eigenvalue weighted by Crippen LogP contribution is -2.36. The first-order valence-electron chi connectivity index (χ1n) is 7.43. The highest BCUT2D eigenvalue weighted by Gasteiger charge is 2.25. The maximum atomic E-state index is 6.09. The zero-order valence-corrected chi connectivity index (χ0v) is 12.5. The van der Waals surface area contributed by atoms with E-state index >= 15 is 0 Å². The van der Waals surface area contributed by atoms with Crippen LogP contribution >= 0.6 is 0 Å². The molecular formula is C18H22N2O. The van der Waals surface area contributed by atoms with Gasteiger partial charge in [0, 0.05) is 25.9 Å². The molecule has 1 heterocycles. The number of benzene rings is 2. The Kier molecular flexibility index (Phi) is 4.23. The van der Waals surface area contributed by atoms with Gasteiger partial charge in [-0.25, -0.2) is 0 Å². The minimum absolute atomic E-state index is 0.297. The summed E-state index contributed by atoms with van der Waals surface area (Å²) in [7, 11) is 1.77. The molecule has 1 atom stereocenters. The zero-order valence-electron chi connectivity index (χ0n) is 12.5. The van der Waals surface area contributed by atoms with E-state index in [-0.39, 0.29) is 0 Å². The van der Waals surface area contributed by atoms with E-state index in [9.17, 15) is 0 Å². The highest BCUT2D eigenvalue weighted by molar-refractivity contribution is 5.52. The predicted octanol–water partition coefficient (Wildman–Crippen LogP) is 3.01. The van der Waals surface area contributed by atoms with Gasteiger partial charge in [0.15, 0.2) is 0 Å². The van der Waals surface area contributed by atoms with Crippen molar-refractivity contribution in [2.45, 2.75) is 19.0 Å². The van der Waals surface area contributed by atoms with Gasteiger partial charge in [-0.2, -0.15) is 0 Å². The van der Waals surface area contributed by atoms with Crippen molar-refractivity contribution in [3.8, 4) is 0 Å². The second-order valence-corrected chi connectivity index (χ2v) is 5.59. The summed E-state index contributed by atoms with van der Waals surface area (Å²) in [6.07, 6.45) is 1.01. The largest absolute Gasteiger partial charge is 0.398 e. The van der Waals surface area contributed by atoms with Crippen molar-refractivity contribution in [1.29, 1.82) is 0 Å². The first-order valence-corrected chi connectivity index (χ1v) is 7.43. The fourth-order valence-electron chi connectivity index (χ4n) is 3.17. The molecule has 1 aliphatic rings. The van der Waals surface area contributed by atoms with Gasteiger partial charge in [-0.3, -0.25) is 4.90 Å². The third kappa shape index (κ3) is 2.94. The number of fused-ring (bicyclic) bond motifs is 1. The highest BCUT2D eigenvalue weighted by atomic mass is 16.5. The molecular weight excluding hydrogens is 260 g/mol. The summed E-state index contributed by atoms with van der Waals surface area (Å²) in [5, 5.41) is 0. The van der Waals surface area contributed by atoms with Gasteiger partial charge in [0.25, 0.3) is 0 Å². The number of rotatable bonds is 4. The number of nitrogens with two attached hydrogens (primary N) is 1. The summed E-state index contributed by atoms with van der Waals surface area (Å²) in [4.78, 5) is 2.49. The highest BCUT2D eigenvalue weighted by Crippen LogP contribution is 2.30. The molecule has 0 aliphatic carbocycles. The fraction of sp³-hybridized carbons (Fsp3) is 0.333. The van der Waals surface area contributed by atoms with Crippen molar-refractivity contribution < 1.29 is 4.74 Å². The normalized spacial score (nSPS) is 16.4. The molecule has 21 heavy (non-hydrogen) atoms. The van der Waals surface area contributed by atoms with E-state index < -0.39 is 0 Å². The Balaban J connectivity index is 1.85. The van der Waals surface area contributed by atoms with Gasteiger partial charge in [-0.1, -0.05) is 42.5 Å². The minimum Gasteiger partial charge on any atom is -0.398 e. The molecule has 0 spiro atoms. The molecule has 3 heteroatoms. The molecule has 2 N–H and O–H groups in total. The van der Waals surface area contributed by atoms with Crippen LogP contribution in [0, 0.1) is 0 Å². The lowest BCUT2D eigenvalue weighted by Gasteiger charge is -2.36. The lowest BCUT2D eigenvalue weighted by molar-refractivity contribution is 0.0811. The second kappa shape index (κ2) is 6.29. The van der Waals surface area contributed by atoms with Crippen LogP contribution in [0.15, 0.2) is 48.5 Å². The molecule has 2 aromatic rings. The van der Waals surface area contributed by atoms with E-state index in [4.69, 9.17) is 10.5 Å². The second-order valence-electron chi connectivity index (χ2n) is 5.59. The SMILES string of the molecule is COCC(c1ccccc1)N1CCc2c(N)cccc2C1. The number of anilines is 1. The van der Waals surface area contributed by atoms with Crippen molar-refractivity contribution in [2.75, 3.05) is 26.0 Å². The van der Waals surface area contributed by atoms with E-state index in [1.165, 1.54) is 16.7 Å². The monoisotopic (exact) mass is 282 g/mol. The summed E-state index contributed by atoms with van der Waals surface area (Å²) in [6.45, 7) is 2.66. The molecule has 0 amide bonds. The molecule has 0 bridgehead atoms. The summed E-state index contributed by atoms with van der Waals surface area (Å²) in [5.74, 6) is 0. The number of hydrogen-bond donors (Lipinski definition) is 1. The Morgan fingerprint density at radius 1 is 1.14 bits per heavy atom.